The fourth-order valence-corrected chi connectivity index (χ4v) is 3.65. The fraction of sp³-hybridized carbons (Fsp3) is 0.500. The molecule has 2 atom stereocenters. The van der Waals surface area contributed by atoms with Crippen LogP contribution in [-0.2, 0) is 0 Å². The molecular formula is C14H16BrNO3. The first kappa shape index (κ1) is 12.9. The topological polar surface area (TPSA) is 60.8 Å². The van der Waals surface area contributed by atoms with Gasteiger partial charge in [0.15, 0.2) is 0 Å². The van der Waals surface area contributed by atoms with E-state index >= 15 is 0 Å². The highest BCUT2D eigenvalue weighted by atomic mass is 79.9. The first-order valence-electron chi connectivity index (χ1n) is 6.55. The normalized spacial score (nSPS) is 29.6. The second kappa shape index (κ2) is 4.80. The minimum absolute atomic E-state index is 0.00453. The Hall–Kier alpha value is -1.07. The van der Waals surface area contributed by atoms with Crippen LogP contribution in [-0.4, -0.2) is 39.2 Å². The second-order valence-corrected chi connectivity index (χ2v) is 6.30. The van der Waals surface area contributed by atoms with E-state index in [9.17, 15) is 15.0 Å². The van der Waals surface area contributed by atoms with Crippen molar-refractivity contribution in [3.63, 3.8) is 0 Å². The molecule has 2 aliphatic heterocycles. The maximum Gasteiger partial charge on any atom is 0.258 e. The van der Waals surface area contributed by atoms with Crippen LogP contribution in [0.15, 0.2) is 22.7 Å². The number of halogens is 1. The number of phenols is 1. The van der Waals surface area contributed by atoms with E-state index in [1.807, 2.05) is 4.90 Å². The van der Waals surface area contributed by atoms with Gasteiger partial charge in [0.05, 0.1) is 11.7 Å². The molecule has 2 saturated heterocycles. The van der Waals surface area contributed by atoms with Crippen molar-refractivity contribution in [2.45, 2.75) is 43.9 Å². The Kier molecular flexibility index (Phi) is 3.27. The van der Waals surface area contributed by atoms with Gasteiger partial charge in [-0.1, -0.05) is 15.9 Å². The molecule has 0 aliphatic carbocycles. The zero-order chi connectivity index (χ0) is 13.6. The van der Waals surface area contributed by atoms with E-state index in [4.69, 9.17) is 0 Å². The average Bonchev–Trinajstić information content (AvgIpc) is 2.61. The lowest BCUT2D eigenvalue weighted by molar-refractivity contribution is 0.0285. The summed E-state index contributed by atoms with van der Waals surface area (Å²) in [5, 5.41) is 19.7. The summed E-state index contributed by atoms with van der Waals surface area (Å²) in [5.74, 6) is -0.116. The van der Waals surface area contributed by atoms with Crippen LogP contribution in [0.2, 0.25) is 0 Å². The molecule has 2 bridgehead atoms. The molecule has 1 aromatic rings. The Morgan fingerprint density at radius 2 is 1.89 bits per heavy atom. The number of aliphatic hydroxyl groups excluding tert-OH is 1. The van der Waals surface area contributed by atoms with Gasteiger partial charge in [0.25, 0.3) is 5.91 Å². The number of carbonyl (C=O) groups is 1. The lowest BCUT2D eigenvalue weighted by atomic mass is 9.98. The summed E-state index contributed by atoms with van der Waals surface area (Å²) in [6.45, 7) is 0. The van der Waals surface area contributed by atoms with E-state index in [1.165, 1.54) is 6.07 Å². The summed E-state index contributed by atoms with van der Waals surface area (Å²) in [6.07, 6.45) is 2.91. The van der Waals surface area contributed by atoms with Crippen LogP contribution in [0.1, 0.15) is 36.0 Å². The molecule has 2 N–H and O–H groups in total. The standard InChI is InChI=1S/C14H16BrNO3/c15-8-1-4-12(13(18)5-8)14(19)16-9-2-3-10(16)7-11(17)6-9/h1,4-5,9-11,17-18H,2-3,6-7H2. The van der Waals surface area contributed by atoms with Gasteiger partial charge < -0.3 is 15.1 Å². The molecule has 1 amide bonds. The predicted octanol–water partition coefficient (Wildman–Crippen LogP) is 2.28. The number of fused-ring (bicyclic) bond motifs is 2. The minimum atomic E-state index is -0.292. The highest BCUT2D eigenvalue weighted by molar-refractivity contribution is 9.10. The van der Waals surface area contributed by atoms with Crippen molar-refractivity contribution in [2.24, 2.45) is 0 Å². The Bertz CT molecular complexity index is 505. The van der Waals surface area contributed by atoms with Crippen LogP contribution >= 0.6 is 15.9 Å². The number of hydrogen-bond donors (Lipinski definition) is 2. The van der Waals surface area contributed by atoms with Crippen LogP contribution < -0.4 is 0 Å². The van der Waals surface area contributed by atoms with Crippen LogP contribution in [0.4, 0.5) is 0 Å². The third kappa shape index (κ3) is 2.25. The Balaban J connectivity index is 1.88. The van der Waals surface area contributed by atoms with Crippen LogP contribution in [0.5, 0.6) is 5.75 Å². The number of carbonyl (C=O) groups excluding carboxylic acids is 1. The number of piperidine rings is 1. The van der Waals surface area contributed by atoms with Gasteiger partial charge in [0.1, 0.15) is 5.75 Å². The summed E-state index contributed by atoms with van der Waals surface area (Å²) in [4.78, 5) is 14.4. The highest BCUT2D eigenvalue weighted by Crippen LogP contribution is 2.37. The van der Waals surface area contributed by atoms with Gasteiger partial charge in [0, 0.05) is 16.6 Å². The molecule has 2 heterocycles. The molecule has 19 heavy (non-hydrogen) atoms. The van der Waals surface area contributed by atoms with Gasteiger partial charge in [-0.3, -0.25) is 4.79 Å². The predicted molar refractivity (Wildman–Crippen MR) is 74.0 cm³/mol. The zero-order valence-corrected chi connectivity index (χ0v) is 12.0. The van der Waals surface area contributed by atoms with Crippen LogP contribution in [0.3, 0.4) is 0 Å². The lowest BCUT2D eigenvalue weighted by Crippen LogP contribution is -2.48. The number of aliphatic hydroxyl groups is 1. The average molecular weight is 326 g/mol. The van der Waals surface area contributed by atoms with Gasteiger partial charge in [-0.15, -0.1) is 0 Å². The second-order valence-electron chi connectivity index (χ2n) is 5.38. The SMILES string of the molecule is O=C(c1ccc(Br)cc1O)N1C2CCC1CC(O)C2. The Morgan fingerprint density at radius 3 is 2.47 bits per heavy atom. The van der Waals surface area contributed by atoms with Gasteiger partial charge in [-0.25, -0.2) is 0 Å². The van der Waals surface area contributed by atoms with Crippen molar-refractivity contribution < 1.29 is 15.0 Å². The van der Waals surface area contributed by atoms with E-state index < -0.39 is 0 Å². The van der Waals surface area contributed by atoms with Crippen molar-refractivity contribution in [3.8, 4) is 5.75 Å². The van der Waals surface area contributed by atoms with Crippen LogP contribution in [0.25, 0.3) is 0 Å². The van der Waals surface area contributed by atoms with Crippen molar-refractivity contribution in [1.82, 2.24) is 4.90 Å². The van der Waals surface area contributed by atoms with Gasteiger partial charge >= 0.3 is 0 Å². The van der Waals surface area contributed by atoms with Crippen molar-refractivity contribution in [1.29, 1.82) is 0 Å². The zero-order valence-electron chi connectivity index (χ0n) is 10.4. The molecule has 5 heteroatoms. The van der Waals surface area contributed by atoms with Crippen molar-refractivity contribution >= 4 is 21.8 Å². The molecule has 2 unspecified atom stereocenters. The van der Waals surface area contributed by atoms with E-state index in [1.54, 1.807) is 12.1 Å². The summed E-state index contributed by atoms with van der Waals surface area (Å²) < 4.78 is 0.749. The van der Waals surface area contributed by atoms with Gasteiger partial charge in [-0.05, 0) is 43.9 Å². The molecule has 0 aromatic heterocycles. The molecule has 2 fully saturated rings. The summed E-state index contributed by atoms with van der Waals surface area (Å²) in [5.41, 5.74) is 0.344. The number of benzene rings is 1. The number of nitrogens with zero attached hydrogens (tertiary/aromatic N) is 1. The minimum Gasteiger partial charge on any atom is -0.507 e. The van der Waals surface area contributed by atoms with Crippen LogP contribution in [0, 0.1) is 0 Å². The van der Waals surface area contributed by atoms with Crippen molar-refractivity contribution in [2.75, 3.05) is 0 Å². The Morgan fingerprint density at radius 1 is 1.26 bits per heavy atom. The molecule has 1 aromatic carbocycles. The molecule has 2 aliphatic rings. The quantitative estimate of drug-likeness (QED) is 0.832. The van der Waals surface area contributed by atoms with Crippen molar-refractivity contribution in [3.05, 3.63) is 28.2 Å². The molecule has 0 spiro atoms. The smallest absolute Gasteiger partial charge is 0.258 e. The van der Waals surface area contributed by atoms with Gasteiger partial charge in [0.2, 0.25) is 0 Å². The molecule has 4 nitrogen and oxygen atoms in total. The number of amides is 1. The largest absolute Gasteiger partial charge is 0.507 e. The molecule has 0 saturated carbocycles. The monoisotopic (exact) mass is 325 g/mol. The summed E-state index contributed by atoms with van der Waals surface area (Å²) >= 11 is 3.27. The summed E-state index contributed by atoms with van der Waals surface area (Å²) in [7, 11) is 0. The van der Waals surface area contributed by atoms with Gasteiger partial charge in [-0.2, -0.15) is 0 Å². The number of aromatic hydroxyl groups is 1. The highest BCUT2D eigenvalue weighted by Gasteiger charge is 2.43. The molecule has 102 valence electrons. The fourth-order valence-electron chi connectivity index (χ4n) is 3.30. The molecular weight excluding hydrogens is 310 g/mol. The lowest BCUT2D eigenvalue weighted by Gasteiger charge is -2.37. The van der Waals surface area contributed by atoms with E-state index in [2.05, 4.69) is 15.9 Å². The number of rotatable bonds is 1. The third-order valence-electron chi connectivity index (χ3n) is 4.13. The first-order valence-corrected chi connectivity index (χ1v) is 7.35. The summed E-state index contributed by atoms with van der Waals surface area (Å²) in [6, 6.07) is 5.17. The first-order chi connectivity index (χ1) is 9.06. The Labute approximate surface area is 120 Å². The molecule has 0 radical (unpaired) electrons. The third-order valence-corrected chi connectivity index (χ3v) is 4.63. The van der Waals surface area contributed by atoms with E-state index in [-0.39, 0.29) is 29.8 Å². The maximum atomic E-state index is 12.6. The number of phenolic OH excluding ortho intramolecular Hbond substituents is 1. The van der Waals surface area contributed by atoms with E-state index in [0.717, 1.165) is 17.3 Å². The number of hydrogen-bond acceptors (Lipinski definition) is 3. The molecule has 3 rings (SSSR count). The maximum absolute atomic E-state index is 12.6. The van der Waals surface area contributed by atoms with E-state index in [0.29, 0.717) is 18.4 Å².